The van der Waals surface area contributed by atoms with Gasteiger partial charge in [-0.2, -0.15) is 4.39 Å². The quantitative estimate of drug-likeness (QED) is 0.582. The summed E-state index contributed by atoms with van der Waals surface area (Å²) in [5, 5.41) is 0.887. The molecule has 0 bridgehead atoms. The smallest absolute Gasteiger partial charge is 0.198 e. The molecule has 0 aliphatic rings. The van der Waals surface area contributed by atoms with E-state index in [0.717, 1.165) is 5.39 Å². The number of pyridine rings is 1. The molecule has 2 heterocycles. The second-order valence-electron chi connectivity index (χ2n) is 2.85. The molecule has 0 aliphatic heterocycles. The predicted octanol–water partition coefficient (Wildman–Crippen LogP) is 2.02. The summed E-state index contributed by atoms with van der Waals surface area (Å²) in [5.41, 5.74) is 1.37. The minimum atomic E-state index is -0.205. The Kier molecular flexibility index (Phi) is 1.40. The minimum absolute atomic E-state index is 0.205. The average Bonchev–Trinajstić information content (AvgIpc) is 2.33. The van der Waals surface area contributed by atoms with Crippen molar-refractivity contribution in [2.75, 3.05) is 0 Å². The van der Waals surface area contributed by atoms with Crippen LogP contribution in [0.5, 0.6) is 0 Å². The van der Waals surface area contributed by atoms with Crippen molar-refractivity contribution in [3.8, 4) is 0 Å². The Morgan fingerprint density at radius 3 is 2.92 bits per heavy atom. The van der Waals surface area contributed by atoms with E-state index < -0.39 is 0 Å². The van der Waals surface area contributed by atoms with Crippen molar-refractivity contribution in [2.24, 2.45) is 7.05 Å². The third-order valence-electron chi connectivity index (χ3n) is 2.11. The van der Waals surface area contributed by atoms with Gasteiger partial charge in [0.25, 0.3) is 0 Å². The van der Waals surface area contributed by atoms with Gasteiger partial charge in [0.2, 0.25) is 0 Å². The Morgan fingerprint density at radius 1 is 1.50 bits per heavy atom. The van der Waals surface area contributed by atoms with Crippen molar-refractivity contribution in [1.82, 2.24) is 9.55 Å². The standard InChI is InChI=1S/C9H9FN2/c1-6-7-4-3-5-11-9(7)12(2)8(6)10/h3-5H,1-2H3. The van der Waals surface area contributed by atoms with Crippen LogP contribution in [0.2, 0.25) is 0 Å². The van der Waals surface area contributed by atoms with Crippen LogP contribution in [-0.4, -0.2) is 9.55 Å². The number of hydrogen-bond acceptors (Lipinski definition) is 1. The van der Waals surface area contributed by atoms with E-state index in [9.17, 15) is 4.39 Å². The SMILES string of the molecule is Cc1c(F)n(C)c2ncccc12. The van der Waals surface area contributed by atoms with E-state index in [0.29, 0.717) is 11.2 Å². The van der Waals surface area contributed by atoms with Gasteiger partial charge in [0, 0.05) is 24.2 Å². The Labute approximate surface area is 69.6 Å². The summed E-state index contributed by atoms with van der Waals surface area (Å²) in [7, 11) is 1.68. The number of fused-ring (bicyclic) bond motifs is 1. The van der Waals surface area contributed by atoms with Crippen molar-refractivity contribution < 1.29 is 4.39 Å². The second-order valence-corrected chi connectivity index (χ2v) is 2.85. The highest BCUT2D eigenvalue weighted by atomic mass is 19.1. The third kappa shape index (κ3) is 0.763. The summed E-state index contributed by atoms with van der Waals surface area (Å²) < 4.78 is 14.7. The topological polar surface area (TPSA) is 17.8 Å². The van der Waals surface area contributed by atoms with Crippen LogP contribution < -0.4 is 0 Å². The van der Waals surface area contributed by atoms with Crippen LogP contribution >= 0.6 is 0 Å². The molecule has 0 aromatic carbocycles. The van der Waals surface area contributed by atoms with Crippen molar-refractivity contribution in [2.45, 2.75) is 6.92 Å². The van der Waals surface area contributed by atoms with Crippen LogP contribution in [0.15, 0.2) is 18.3 Å². The van der Waals surface area contributed by atoms with Gasteiger partial charge in [0.05, 0.1) is 0 Å². The lowest BCUT2D eigenvalue weighted by Crippen LogP contribution is -1.92. The first-order chi connectivity index (χ1) is 5.72. The molecular formula is C9H9FN2. The highest BCUT2D eigenvalue weighted by molar-refractivity contribution is 5.80. The highest BCUT2D eigenvalue weighted by Crippen LogP contribution is 2.20. The molecular weight excluding hydrogens is 155 g/mol. The van der Waals surface area contributed by atoms with E-state index in [4.69, 9.17) is 0 Å². The third-order valence-corrected chi connectivity index (χ3v) is 2.11. The lowest BCUT2D eigenvalue weighted by Gasteiger charge is -1.92. The number of rotatable bonds is 0. The molecule has 2 aromatic rings. The molecule has 0 spiro atoms. The zero-order valence-corrected chi connectivity index (χ0v) is 7.00. The number of aromatic nitrogens is 2. The van der Waals surface area contributed by atoms with Gasteiger partial charge >= 0.3 is 0 Å². The van der Waals surface area contributed by atoms with Crippen LogP contribution in [0.1, 0.15) is 5.56 Å². The molecule has 0 unspecified atom stereocenters. The maximum atomic E-state index is 13.3. The molecule has 0 fully saturated rings. The Bertz CT molecular complexity index is 392. The molecule has 0 radical (unpaired) electrons. The molecule has 0 amide bonds. The van der Waals surface area contributed by atoms with Crippen molar-refractivity contribution >= 4 is 11.0 Å². The van der Waals surface area contributed by atoms with E-state index in [2.05, 4.69) is 4.98 Å². The molecule has 3 heteroatoms. The lowest BCUT2D eigenvalue weighted by atomic mass is 10.2. The fourth-order valence-electron chi connectivity index (χ4n) is 1.41. The summed E-state index contributed by atoms with van der Waals surface area (Å²) in [5.74, 6) is -0.205. The first kappa shape index (κ1) is 7.28. The summed E-state index contributed by atoms with van der Waals surface area (Å²) in [6, 6.07) is 3.69. The summed E-state index contributed by atoms with van der Waals surface area (Å²) in [4.78, 5) is 4.09. The van der Waals surface area contributed by atoms with Crippen LogP contribution in [0, 0.1) is 12.9 Å². The number of halogens is 1. The normalized spacial score (nSPS) is 10.9. The average molecular weight is 164 g/mol. The van der Waals surface area contributed by atoms with Gasteiger partial charge in [0.15, 0.2) is 5.95 Å². The van der Waals surface area contributed by atoms with Crippen molar-refractivity contribution in [1.29, 1.82) is 0 Å². The van der Waals surface area contributed by atoms with Gasteiger partial charge in [-0.1, -0.05) is 0 Å². The van der Waals surface area contributed by atoms with Gasteiger partial charge in [-0.15, -0.1) is 0 Å². The summed E-state index contributed by atoms with van der Waals surface area (Å²) >= 11 is 0. The summed E-state index contributed by atoms with van der Waals surface area (Å²) in [6.45, 7) is 1.76. The molecule has 2 aromatic heterocycles. The van der Waals surface area contributed by atoms with E-state index >= 15 is 0 Å². The van der Waals surface area contributed by atoms with Gasteiger partial charge in [-0.3, -0.25) is 0 Å². The number of aryl methyl sites for hydroxylation is 2. The molecule has 2 nitrogen and oxygen atoms in total. The number of nitrogens with zero attached hydrogens (tertiary/aromatic N) is 2. The Hall–Kier alpha value is -1.38. The van der Waals surface area contributed by atoms with Gasteiger partial charge < -0.3 is 4.57 Å². The first-order valence-corrected chi connectivity index (χ1v) is 3.77. The summed E-state index contributed by atoms with van der Waals surface area (Å²) in [6.07, 6.45) is 1.67. The van der Waals surface area contributed by atoms with Gasteiger partial charge in [-0.05, 0) is 19.1 Å². The van der Waals surface area contributed by atoms with E-state index in [1.807, 2.05) is 12.1 Å². The van der Waals surface area contributed by atoms with Crippen LogP contribution in [0.4, 0.5) is 4.39 Å². The zero-order chi connectivity index (χ0) is 8.72. The van der Waals surface area contributed by atoms with Gasteiger partial charge in [0.1, 0.15) is 5.65 Å². The van der Waals surface area contributed by atoms with E-state index in [1.54, 1.807) is 20.2 Å². The molecule has 12 heavy (non-hydrogen) atoms. The van der Waals surface area contributed by atoms with Crippen LogP contribution in [0.3, 0.4) is 0 Å². The largest absolute Gasteiger partial charge is 0.305 e. The molecule has 0 N–H and O–H groups in total. The van der Waals surface area contributed by atoms with Gasteiger partial charge in [-0.25, -0.2) is 4.98 Å². The van der Waals surface area contributed by atoms with Crippen molar-refractivity contribution in [3.63, 3.8) is 0 Å². The number of hydrogen-bond donors (Lipinski definition) is 0. The first-order valence-electron chi connectivity index (χ1n) is 3.77. The van der Waals surface area contributed by atoms with E-state index in [-0.39, 0.29) is 5.95 Å². The molecule has 0 saturated heterocycles. The van der Waals surface area contributed by atoms with Crippen LogP contribution in [-0.2, 0) is 7.05 Å². The maximum Gasteiger partial charge on any atom is 0.198 e. The maximum absolute atomic E-state index is 13.3. The minimum Gasteiger partial charge on any atom is -0.305 e. The fraction of sp³-hybridized carbons (Fsp3) is 0.222. The zero-order valence-electron chi connectivity index (χ0n) is 7.00. The lowest BCUT2D eigenvalue weighted by molar-refractivity contribution is 0.534. The van der Waals surface area contributed by atoms with Crippen LogP contribution in [0.25, 0.3) is 11.0 Å². The monoisotopic (exact) mass is 164 g/mol. The molecule has 62 valence electrons. The predicted molar refractivity (Wildman–Crippen MR) is 45.4 cm³/mol. The van der Waals surface area contributed by atoms with E-state index in [1.165, 1.54) is 4.57 Å². The molecule has 2 rings (SSSR count). The Balaban J connectivity index is 2.99. The fourth-order valence-corrected chi connectivity index (χ4v) is 1.41. The Morgan fingerprint density at radius 2 is 2.25 bits per heavy atom. The second kappa shape index (κ2) is 2.30. The molecule has 0 saturated carbocycles. The molecule has 0 atom stereocenters. The van der Waals surface area contributed by atoms with Crippen molar-refractivity contribution in [3.05, 3.63) is 29.8 Å². The highest BCUT2D eigenvalue weighted by Gasteiger charge is 2.10. The molecule has 0 aliphatic carbocycles.